The lowest BCUT2D eigenvalue weighted by Gasteiger charge is -2.09. The van der Waals surface area contributed by atoms with Crippen LogP contribution in [-0.2, 0) is 6.54 Å². The Morgan fingerprint density at radius 3 is 2.76 bits per heavy atom. The Labute approximate surface area is 146 Å². The molecule has 132 valence electrons. The summed E-state index contributed by atoms with van der Waals surface area (Å²) in [7, 11) is 1.58. The van der Waals surface area contributed by atoms with Crippen LogP contribution in [0.4, 0.5) is 5.82 Å². The van der Waals surface area contributed by atoms with Crippen LogP contribution in [0.3, 0.4) is 0 Å². The van der Waals surface area contributed by atoms with Crippen LogP contribution in [0, 0.1) is 6.92 Å². The van der Waals surface area contributed by atoms with E-state index in [1.54, 1.807) is 7.11 Å². The van der Waals surface area contributed by atoms with E-state index in [0.29, 0.717) is 30.3 Å². The minimum absolute atomic E-state index is 0.270. The van der Waals surface area contributed by atoms with Crippen molar-refractivity contribution in [2.75, 3.05) is 19.5 Å². The van der Waals surface area contributed by atoms with Crippen LogP contribution in [-0.4, -0.2) is 33.2 Å². The Kier molecular flexibility index (Phi) is 5.02. The zero-order chi connectivity index (χ0) is 17.8. The van der Waals surface area contributed by atoms with Crippen molar-refractivity contribution in [1.82, 2.24) is 19.5 Å². The van der Waals surface area contributed by atoms with Crippen molar-refractivity contribution in [2.24, 2.45) is 0 Å². The standard InChI is InChI=1S/C18H23N5O2/c1-4-5-9-25-17-21-15(19)14-16(22-17)23(18(20-14)24-3)11-13-8-6-7-12(2)10-13/h6-8,10H,4-5,9,11H2,1-3H3,(H2,19,21,22). The molecule has 0 saturated heterocycles. The molecule has 0 radical (unpaired) electrons. The lowest BCUT2D eigenvalue weighted by molar-refractivity contribution is 0.286. The summed E-state index contributed by atoms with van der Waals surface area (Å²) in [5, 5.41) is 0. The third-order valence-electron chi connectivity index (χ3n) is 3.90. The highest BCUT2D eigenvalue weighted by Crippen LogP contribution is 2.26. The van der Waals surface area contributed by atoms with E-state index in [2.05, 4.69) is 47.0 Å². The van der Waals surface area contributed by atoms with Crippen LogP contribution >= 0.6 is 0 Å². The van der Waals surface area contributed by atoms with Gasteiger partial charge >= 0.3 is 6.01 Å². The quantitative estimate of drug-likeness (QED) is 0.665. The van der Waals surface area contributed by atoms with Crippen LogP contribution in [0.2, 0.25) is 0 Å². The molecular formula is C18H23N5O2. The Bertz CT molecular complexity index is 875. The smallest absolute Gasteiger partial charge is 0.320 e. The maximum absolute atomic E-state index is 6.05. The molecule has 0 aliphatic rings. The van der Waals surface area contributed by atoms with E-state index in [4.69, 9.17) is 15.2 Å². The number of aryl methyl sites for hydroxylation is 1. The van der Waals surface area contributed by atoms with Gasteiger partial charge in [0.25, 0.3) is 6.01 Å². The van der Waals surface area contributed by atoms with Gasteiger partial charge in [-0.1, -0.05) is 43.2 Å². The number of methoxy groups -OCH3 is 1. The van der Waals surface area contributed by atoms with Crippen molar-refractivity contribution >= 4 is 17.0 Å². The number of unbranched alkanes of at least 4 members (excludes halogenated alkanes) is 1. The van der Waals surface area contributed by atoms with Crippen LogP contribution < -0.4 is 15.2 Å². The molecule has 0 aliphatic carbocycles. The van der Waals surface area contributed by atoms with Crippen LogP contribution in [0.5, 0.6) is 12.0 Å². The first-order chi connectivity index (χ1) is 12.1. The van der Waals surface area contributed by atoms with Gasteiger partial charge in [-0.3, -0.25) is 4.57 Å². The molecular weight excluding hydrogens is 318 g/mol. The minimum atomic E-state index is 0.270. The molecule has 1 aromatic carbocycles. The molecule has 0 bridgehead atoms. The second kappa shape index (κ2) is 7.38. The summed E-state index contributed by atoms with van der Waals surface area (Å²) < 4.78 is 12.9. The third kappa shape index (κ3) is 3.65. The highest BCUT2D eigenvalue weighted by Gasteiger charge is 2.18. The number of ether oxygens (including phenoxy) is 2. The molecule has 0 spiro atoms. The van der Waals surface area contributed by atoms with Crippen molar-refractivity contribution in [3.8, 4) is 12.0 Å². The molecule has 0 saturated carbocycles. The number of rotatable bonds is 7. The van der Waals surface area contributed by atoms with E-state index in [9.17, 15) is 0 Å². The van der Waals surface area contributed by atoms with Crippen LogP contribution in [0.15, 0.2) is 24.3 Å². The molecule has 7 heteroatoms. The van der Waals surface area contributed by atoms with E-state index in [-0.39, 0.29) is 11.8 Å². The Morgan fingerprint density at radius 1 is 1.20 bits per heavy atom. The average Bonchev–Trinajstić information content (AvgIpc) is 2.94. The number of benzene rings is 1. The van der Waals surface area contributed by atoms with Crippen molar-refractivity contribution in [3.05, 3.63) is 35.4 Å². The largest absolute Gasteiger partial charge is 0.468 e. The molecule has 0 fully saturated rings. The monoisotopic (exact) mass is 341 g/mol. The summed E-state index contributed by atoms with van der Waals surface area (Å²) in [5.41, 5.74) is 9.50. The topological polar surface area (TPSA) is 88.1 Å². The van der Waals surface area contributed by atoms with E-state index in [1.807, 2.05) is 10.6 Å². The normalized spacial score (nSPS) is 11.0. The molecule has 2 heterocycles. The van der Waals surface area contributed by atoms with Gasteiger partial charge in [-0.05, 0) is 18.9 Å². The fraction of sp³-hybridized carbons (Fsp3) is 0.389. The summed E-state index contributed by atoms with van der Waals surface area (Å²) in [6, 6.07) is 8.98. The molecule has 0 aliphatic heterocycles. The molecule has 2 aromatic heterocycles. The number of anilines is 1. The SMILES string of the molecule is CCCCOc1nc(N)c2nc(OC)n(Cc3cccc(C)c3)c2n1. The van der Waals surface area contributed by atoms with Gasteiger partial charge in [-0.25, -0.2) is 0 Å². The highest BCUT2D eigenvalue weighted by atomic mass is 16.5. The Morgan fingerprint density at radius 2 is 2.04 bits per heavy atom. The Hall–Kier alpha value is -2.83. The lowest BCUT2D eigenvalue weighted by atomic mass is 10.1. The first-order valence-corrected chi connectivity index (χ1v) is 8.38. The second-order valence-corrected chi connectivity index (χ2v) is 5.94. The molecule has 3 rings (SSSR count). The molecule has 0 unspecified atom stereocenters. The number of nitrogen functional groups attached to an aromatic ring is 1. The fourth-order valence-corrected chi connectivity index (χ4v) is 2.64. The number of nitrogens with zero attached hydrogens (tertiary/aromatic N) is 4. The van der Waals surface area contributed by atoms with E-state index in [1.165, 1.54) is 5.56 Å². The fourth-order valence-electron chi connectivity index (χ4n) is 2.64. The van der Waals surface area contributed by atoms with Gasteiger partial charge < -0.3 is 15.2 Å². The molecule has 3 aromatic rings. The van der Waals surface area contributed by atoms with Crippen LogP contribution in [0.1, 0.15) is 30.9 Å². The van der Waals surface area contributed by atoms with Crippen LogP contribution in [0.25, 0.3) is 11.2 Å². The highest BCUT2D eigenvalue weighted by molar-refractivity contribution is 5.83. The van der Waals surface area contributed by atoms with Crippen molar-refractivity contribution in [3.63, 3.8) is 0 Å². The summed E-state index contributed by atoms with van der Waals surface area (Å²) >= 11 is 0. The van der Waals surface area contributed by atoms with E-state index >= 15 is 0 Å². The van der Waals surface area contributed by atoms with E-state index in [0.717, 1.165) is 18.4 Å². The van der Waals surface area contributed by atoms with Gasteiger partial charge in [-0.15, -0.1) is 0 Å². The van der Waals surface area contributed by atoms with Gasteiger partial charge in [0, 0.05) is 0 Å². The second-order valence-electron chi connectivity index (χ2n) is 5.94. The molecule has 2 N–H and O–H groups in total. The third-order valence-corrected chi connectivity index (χ3v) is 3.90. The number of aromatic nitrogens is 4. The van der Waals surface area contributed by atoms with Crippen molar-refractivity contribution in [2.45, 2.75) is 33.2 Å². The summed E-state index contributed by atoms with van der Waals surface area (Å²) in [6.45, 7) is 5.30. The van der Waals surface area contributed by atoms with E-state index < -0.39 is 0 Å². The Balaban J connectivity index is 2.02. The van der Waals surface area contributed by atoms with Gasteiger partial charge in [0.1, 0.15) is 0 Å². The zero-order valence-electron chi connectivity index (χ0n) is 14.8. The summed E-state index contributed by atoms with van der Waals surface area (Å²) in [4.78, 5) is 13.1. The first kappa shape index (κ1) is 17.0. The number of hydrogen-bond acceptors (Lipinski definition) is 6. The van der Waals surface area contributed by atoms with Crippen molar-refractivity contribution in [1.29, 1.82) is 0 Å². The molecule has 7 nitrogen and oxygen atoms in total. The predicted molar refractivity (Wildman–Crippen MR) is 97.0 cm³/mol. The number of nitrogens with two attached hydrogens (primary N) is 1. The van der Waals surface area contributed by atoms with Gasteiger partial charge in [0.2, 0.25) is 0 Å². The first-order valence-electron chi connectivity index (χ1n) is 8.38. The summed E-state index contributed by atoms with van der Waals surface area (Å²) in [6.07, 6.45) is 1.98. The zero-order valence-corrected chi connectivity index (χ0v) is 14.8. The van der Waals surface area contributed by atoms with Gasteiger partial charge in [0.15, 0.2) is 17.0 Å². The lowest BCUT2D eigenvalue weighted by Crippen LogP contribution is -2.07. The maximum Gasteiger partial charge on any atom is 0.320 e. The average molecular weight is 341 g/mol. The van der Waals surface area contributed by atoms with Gasteiger partial charge in [0.05, 0.1) is 20.3 Å². The minimum Gasteiger partial charge on any atom is -0.468 e. The summed E-state index contributed by atoms with van der Waals surface area (Å²) in [5.74, 6) is 0.290. The maximum atomic E-state index is 6.05. The number of imidazole rings is 1. The number of hydrogen-bond donors (Lipinski definition) is 1. The van der Waals surface area contributed by atoms with Gasteiger partial charge in [-0.2, -0.15) is 15.0 Å². The molecule has 0 amide bonds. The molecule has 25 heavy (non-hydrogen) atoms. The van der Waals surface area contributed by atoms with Crippen molar-refractivity contribution < 1.29 is 9.47 Å². The molecule has 0 atom stereocenters. The predicted octanol–water partition coefficient (Wildman–Crippen LogP) is 2.95. The number of fused-ring (bicyclic) bond motifs is 1.